The van der Waals surface area contributed by atoms with Crippen molar-refractivity contribution < 1.29 is 0 Å². The molecule has 1 fully saturated rings. The van der Waals surface area contributed by atoms with Gasteiger partial charge in [-0.3, -0.25) is 4.98 Å². The van der Waals surface area contributed by atoms with Gasteiger partial charge in [0.2, 0.25) is 0 Å². The van der Waals surface area contributed by atoms with Crippen LogP contribution in [-0.4, -0.2) is 4.98 Å². The van der Waals surface area contributed by atoms with Crippen molar-refractivity contribution in [2.45, 2.75) is 55.7 Å². The second-order valence-electron chi connectivity index (χ2n) is 9.57. The molecule has 0 radical (unpaired) electrons. The Morgan fingerprint density at radius 1 is 0.931 bits per heavy atom. The van der Waals surface area contributed by atoms with Crippen LogP contribution in [0.5, 0.6) is 0 Å². The third-order valence-corrected chi connectivity index (χ3v) is 8.36. The fraction of sp³-hybridized carbons (Fsp3) is 0.370. The van der Waals surface area contributed by atoms with Gasteiger partial charge in [-0.2, -0.15) is 0 Å². The van der Waals surface area contributed by atoms with Crippen molar-refractivity contribution in [2.24, 2.45) is 17.3 Å². The van der Waals surface area contributed by atoms with E-state index in [1.54, 1.807) is 0 Å². The first-order valence-electron chi connectivity index (χ1n) is 10.8. The third-order valence-electron chi connectivity index (χ3n) is 7.28. The highest BCUT2D eigenvalue weighted by Crippen LogP contribution is 2.67. The lowest BCUT2D eigenvalue weighted by Crippen LogP contribution is -2.51. The monoisotopic (exact) mass is 399 g/mol. The second-order valence-corrected chi connectivity index (χ2v) is 10.7. The Labute approximate surface area is 179 Å². The molecular formula is C27H29NS. The van der Waals surface area contributed by atoms with Crippen molar-refractivity contribution in [2.75, 3.05) is 0 Å². The number of hydrogen-bond acceptors (Lipinski definition) is 2. The average Bonchev–Trinajstić information content (AvgIpc) is 2.73. The van der Waals surface area contributed by atoms with Gasteiger partial charge in [0, 0.05) is 27.0 Å². The number of nitrogens with zero attached hydrogens (tertiary/aromatic N) is 1. The Morgan fingerprint density at radius 3 is 2.38 bits per heavy atom. The van der Waals surface area contributed by atoms with Crippen LogP contribution in [0.3, 0.4) is 0 Å². The molecule has 29 heavy (non-hydrogen) atoms. The summed E-state index contributed by atoms with van der Waals surface area (Å²) in [5.74, 6) is 2.62. The first-order chi connectivity index (χ1) is 14.0. The molecule has 1 aromatic heterocycles. The van der Waals surface area contributed by atoms with Crippen molar-refractivity contribution in [1.82, 2.24) is 4.98 Å². The number of hydrogen-bond donors (Lipinski definition) is 0. The number of pyridine rings is 1. The Hall–Kier alpha value is -2.06. The van der Waals surface area contributed by atoms with Gasteiger partial charge >= 0.3 is 0 Å². The van der Waals surface area contributed by atoms with Gasteiger partial charge in [-0.1, -0.05) is 81.9 Å². The van der Waals surface area contributed by atoms with E-state index in [1.165, 1.54) is 33.0 Å². The summed E-state index contributed by atoms with van der Waals surface area (Å²) < 4.78 is 0. The van der Waals surface area contributed by atoms with E-state index in [0.717, 1.165) is 11.6 Å². The van der Waals surface area contributed by atoms with E-state index >= 15 is 0 Å². The standard InChI is InChI=1S/C27H29NS/c1-17(2)25-22-16-21(27(22,3)4)19-14-15-23(28-26(19)25)20-12-8-9-13-24(20)29-18-10-6-5-7-11-18/h5-15,17,21-22,25H,16H2,1-4H3/t21-,22+,25-/m1/s1. The lowest BCUT2D eigenvalue weighted by molar-refractivity contribution is -0.0198. The van der Waals surface area contributed by atoms with Crippen molar-refractivity contribution in [3.63, 3.8) is 0 Å². The predicted octanol–water partition coefficient (Wildman–Crippen LogP) is 7.78. The molecule has 3 aromatic rings. The van der Waals surface area contributed by atoms with E-state index in [1.807, 2.05) is 11.8 Å². The van der Waals surface area contributed by atoms with Crippen LogP contribution in [0.15, 0.2) is 76.5 Å². The largest absolute Gasteiger partial charge is 0.252 e. The molecular weight excluding hydrogens is 370 g/mol. The molecule has 1 heterocycles. The van der Waals surface area contributed by atoms with E-state index in [4.69, 9.17) is 4.98 Å². The minimum Gasteiger partial charge on any atom is -0.252 e. The van der Waals surface area contributed by atoms with Gasteiger partial charge in [0.25, 0.3) is 0 Å². The summed E-state index contributed by atoms with van der Waals surface area (Å²) in [4.78, 5) is 7.86. The average molecular weight is 400 g/mol. The molecule has 148 valence electrons. The predicted molar refractivity (Wildman–Crippen MR) is 122 cm³/mol. The van der Waals surface area contributed by atoms with Gasteiger partial charge in [-0.15, -0.1) is 0 Å². The second kappa shape index (κ2) is 7.02. The molecule has 2 aromatic carbocycles. The lowest BCUT2D eigenvalue weighted by atomic mass is 9.43. The highest BCUT2D eigenvalue weighted by molar-refractivity contribution is 7.99. The Bertz CT molecular complexity index is 1040. The highest BCUT2D eigenvalue weighted by atomic mass is 32.2. The van der Waals surface area contributed by atoms with E-state index < -0.39 is 0 Å². The smallest absolute Gasteiger partial charge is 0.0717 e. The van der Waals surface area contributed by atoms with Gasteiger partial charge in [0.05, 0.1) is 5.69 Å². The molecule has 6 rings (SSSR count). The Kier molecular flexibility index (Phi) is 4.58. The van der Waals surface area contributed by atoms with Crippen molar-refractivity contribution in [1.29, 1.82) is 0 Å². The minimum absolute atomic E-state index is 0.409. The normalized spacial score (nSPS) is 24.1. The zero-order valence-corrected chi connectivity index (χ0v) is 18.5. The maximum Gasteiger partial charge on any atom is 0.0717 e. The topological polar surface area (TPSA) is 12.9 Å². The summed E-state index contributed by atoms with van der Waals surface area (Å²) >= 11 is 1.82. The first-order valence-corrected chi connectivity index (χ1v) is 11.6. The first kappa shape index (κ1) is 18.9. The minimum atomic E-state index is 0.409. The number of aromatic nitrogens is 1. The van der Waals surface area contributed by atoms with Crippen molar-refractivity contribution in [3.8, 4) is 11.3 Å². The number of benzene rings is 2. The third kappa shape index (κ3) is 3.04. The molecule has 1 saturated carbocycles. The molecule has 0 aliphatic heterocycles. The van der Waals surface area contributed by atoms with Gasteiger partial charge in [0.1, 0.15) is 0 Å². The fourth-order valence-electron chi connectivity index (χ4n) is 5.65. The fourth-order valence-corrected chi connectivity index (χ4v) is 6.62. The molecule has 3 atom stereocenters. The molecule has 1 nitrogen and oxygen atoms in total. The quantitative estimate of drug-likeness (QED) is 0.444. The van der Waals surface area contributed by atoms with Crippen LogP contribution in [0.2, 0.25) is 0 Å². The molecule has 3 aliphatic carbocycles. The van der Waals surface area contributed by atoms with E-state index in [-0.39, 0.29) is 0 Å². The molecule has 0 saturated heterocycles. The van der Waals surface area contributed by atoms with Crippen LogP contribution in [0.1, 0.15) is 57.2 Å². The van der Waals surface area contributed by atoms with Crippen LogP contribution in [0.25, 0.3) is 11.3 Å². The van der Waals surface area contributed by atoms with Crippen LogP contribution >= 0.6 is 11.8 Å². The van der Waals surface area contributed by atoms with Gasteiger partial charge < -0.3 is 0 Å². The maximum atomic E-state index is 5.32. The van der Waals surface area contributed by atoms with Crippen LogP contribution in [0.4, 0.5) is 0 Å². The summed E-state index contributed by atoms with van der Waals surface area (Å²) in [7, 11) is 0. The summed E-state index contributed by atoms with van der Waals surface area (Å²) in [6, 6.07) is 24.0. The summed E-state index contributed by atoms with van der Waals surface area (Å²) in [6.07, 6.45) is 1.34. The van der Waals surface area contributed by atoms with E-state index in [2.05, 4.69) is 94.4 Å². The number of rotatable bonds is 4. The molecule has 0 unspecified atom stereocenters. The molecule has 3 aliphatic rings. The van der Waals surface area contributed by atoms with E-state index in [0.29, 0.717) is 23.2 Å². The maximum absolute atomic E-state index is 5.32. The zero-order valence-electron chi connectivity index (χ0n) is 17.7. The van der Waals surface area contributed by atoms with Crippen molar-refractivity contribution in [3.05, 3.63) is 78.0 Å². The molecule has 2 heteroatoms. The molecule has 0 N–H and O–H groups in total. The van der Waals surface area contributed by atoms with Gasteiger partial charge in [0.15, 0.2) is 0 Å². The summed E-state index contributed by atoms with van der Waals surface area (Å²) in [6.45, 7) is 9.67. The SMILES string of the molecule is CC(C)[C@H]1c2nc(-c3ccccc3Sc3ccccc3)ccc2[C@H]2C[C@@H]1C2(C)C. The van der Waals surface area contributed by atoms with Gasteiger partial charge in [-0.25, -0.2) is 0 Å². The Balaban J connectivity index is 1.58. The van der Waals surface area contributed by atoms with Crippen LogP contribution < -0.4 is 0 Å². The van der Waals surface area contributed by atoms with Crippen LogP contribution in [0, 0.1) is 17.3 Å². The summed E-state index contributed by atoms with van der Waals surface area (Å²) in [5.41, 5.74) is 5.65. The molecule has 0 spiro atoms. The van der Waals surface area contributed by atoms with E-state index in [9.17, 15) is 0 Å². The zero-order chi connectivity index (χ0) is 20.2. The van der Waals surface area contributed by atoms with Crippen LogP contribution in [-0.2, 0) is 0 Å². The Morgan fingerprint density at radius 2 is 1.66 bits per heavy atom. The van der Waals surface area contributed by atoms with Gasteiger partial charge in [-0.05, 0) is 59.4 Å². The highest BCUT2D eigenvalue weighted by Gasteiger charge is 2.57. The molecule has 0 amide bonds. The molecule has 2 bridgehead atoms. The lowest BCUT2D eigenvalue weighted by Gasteiger charge is -2.61. The summed E-state index contributed by atoms with van der Waals surface area (Å²) in [5, 5.41) is 0. The van der Waals surface area contributed by atoms with Crippen molar-refractivity contribution >= 4 is 11.8 Å².